The molecular weight excluding hydrogens is 330 g/mol. The van der Waals surface area contributed by atoms with Crippen LogP contribution in [0.25, 0.3) is 0 Å². The van der Waals surface area contributed by atoms with Gasteiger partial charge < -0.3 is 35.1 Å². The number of phenolic OH excluding ortho intramolecular Hbond substituents is 2. The fourth-order valence-electron chi connectivity index (χ4n) is 4.57. The van der Waals surface area contributed by atoms with Crippen molar-refractivity contribution in [3.8, 4) is 17.2 Å². The second-order valence-corrected chi connectivity index (χ2v) is 6.60. The van der Waals surface area contributed by atoms with E-state index in [1.807, 2.05) is 4.90 Å². The Balaban J connectivity index is 1.94. The fraction of sp³-hybridized carbons (Fsp3) is 0.562. The van der Waals surface area contributed by atoms with E-state index in [1.54, 1.807) is 14.0 Å². The summed E-state index contributed by atoms with van der Waals surface area (Å²) < 4.78 is 16.1. The number of aromatic hydroxyl groups is 2. The number of hydrogen-bond acceptors (Lipinski definition) is 8. The number of carbonyl (C=O) groups excluding carboxylic acids is 1. The molecule has 9 nitrogen and oxygen atoms in total. The van der Waals surface area contributed by atoms with Crippen molar-refractivity contribution in [2.24, 2.45) is 5.73 Å². The van der Waals surface area contributed by atoms with Crippen molar-refractivity contribution in [2.75, 3.05) is 32.3 Å². The first-order chi connectivity index (χ1) is 11.9. The molecule has 0 bridgehead atoms. The van der Waals surface area contributed by atoms with E-state index in [4.69, 9.17) is 19.9 Å². The quantitative estimate of drug-likeness (QED) is 0.445. The molecule has 0 radical (unpaired) electrons. The number of benzene rings is 1. The van der Waals surface area contributed by atoms with Gasteiger partial charge in [0.2, 0.25) is 0 Å². The second-order valence-electron chi connectivity index (χ2n) is 6.60. The maximum atomic E-state index is 11.2. The maximum absolute atomic E-state index is 11.2. The Bertz CT molecular complexity index is 769. The molecule has 0 aromatic heterocycles. The van der Waals surface area contributed by atoms with Crippen molar-refractivity contribution >= 4 is 11.8 Å². The van der Waals surface area contributed by atoms with Crippen LogP contribution < -0.4 is 20.7 Å². The molecule has 5 N–H and O–H groups in total. The predicted octanol–water partition coefficient (Wildman–Crippen LogP) is 0.110. The number of phenols is 2. The van der Waals surface area contributed by atoms with Gasteiger partial charge in [-0.3, -0.25) is 5.32 Å². The highest BCUT2D eigenvalue weighted by Gasteiger charge is 2.72. The van der Waals surface area contributed by atoms with Crippen LogP contribution in [0.5, 0.6) is 17.2 Å². The van der Waals surface area contributed by atoms with Crippen molar-refractivity contribution in [2.45, 2.75) is 30.7 Å². The third kappa shape index (κ3) is 1.82. The van der Waals surface area contributed by atoms with Crippen LogP contribution in [-0.2, 0) is 9.47 Å². The van der Waals surface area contributed by atoms with Crippen molar-refractivity contribution in [3.05, 3.63) is 11.1 Å². The number of nitrogens with zero attached hydrogens (tertiary/aromatic N) is 1. The molecule has 2 saturated heterocycles. The molecule has 1 aromatic carbocycles. The molecule has 25 heavy (non-hydrogen) atoms. The number of hydrogen-bond donors (Lipinski definition) is 4. The second kappa shape index (κ2) is 5.06. The van der Waals surface area contributed by atoms with E-state index < -0.39 is 17.7 Å². The van der Waals surface area contributed by atoms with Gasteiger partial charge in [-0.05, 0) is 6.92 Å². The topological polar surface area (TPSA) is 126 Å². The molecule has 2 fully saturated rings. The molecule has 3 aliphatic rings. The fourth-order valence-corrected chi connectivity index (χ4v) is 4.57. The number of nitrogens with two attached hydrogens (primary N) is 1. The lowest BCUT2D eigenvalue weighted by Crippen LogP contribution is -2.58. The van der Waals surface area contributed by atoms with Gasteiger partial charge in [-0.15, -0.1) is 0 Å². The van der Waals surface area contributed by atoms with Gasteiger partial charge in [0, 0.05) is 24.8 Å². The Morgan fingerprint density at radius 2 is 2.12 bits per heavy atom. The molecule has 0 spiro atoms. The maximum Gasteiger partial charge on any atom is 0.404 e. The van der Waals surface area contributed by atoms with Crippen LogP contribution in [0.15, 0.2) is 0 Å². The molecule has 4 rings (SSSR count). The summed E-state index contributed by atoms with van der Waals surface area (Å²) in [6.45, 7) is 2.24. The monoisotopic (exact) mass is 351 g/mol. The normalized spacial score (nSPS) is 31.3. The minimum atomic E-state index is -0.914. The van der Waals surface area contributed by atoms with Gasteiger partial charge in [0.25, 0.3) is 0 Å². The summed E-state index contributed by atoms with van der Waals surface area (Å²) in [6.07, 6.45) is -0.914. The molecule has 3 aliphatic heterocycles. The molecule has 0 aliphatic carbocycles. The number of piperazine rings is 1. The summed E-state index contributed by atoms with van der Waals surface area (Å²) in [5, 5.41) is 24.9. The SMILES string of the molecule is COc1c(C)c(O)c2c(c1O)[C@@H](COC(N)=O)[C@]1(OC)NC[C@H]3[C@@H]1N23. The number of rotatable bonds is 4. The first kappa shape index (κ1) is 16.1. The summed E-state index contributed by atoms with van der Waals surface area (Å²) in [6, 6.07) is 0.111. The summed E-state index contributed by atoms with van der Waals surface area (Å²) in [7, 11) is 2.98. The van der Waals surface area contributed by atoms with E-state index in [-0.39, 0.29) is 35.9 Å². The van der Waals surface area contributed by atoms with Crippen LogP contribution in [0.3, 0.4) is 0 Å². The summed E-state index contributed by atoms with van der Waals surface area (Å²) in [4.78, 5) is 13.2. The van der Waals surface area contributed by atoms with Gasteiger partial charge >= 0.3 is 6.09 Å². The summed E-state index contributed by atoms with van der Waals surface area (Å²) in [5.74, 6) is -0.426. The van der Waals surface area contributed by atoms with Crippen molar-refractivity contribution in [3.63, 3.8) is 0 Å². The number of carbonyl (C=O) groups is 1. The van der Waals surface area contributed by atoms with E-state index in [9.17, 15) is 15.0 Å². The van der Waals surface area contributed by atoms with Gasteiger partial charge in [0.1, 0.15) is 12.4 Å². The van der Waals surface area contributed by atoms with Crippen molar-refractivity contribution in [1.29, 1.82) is 0 Å². The average Bonchev–Trinajstić information content (AvgIpc) is 3.17. The first-order valence-electron chi connectivity index (χ1n) is 8.02. The largest absolute Gasteiger partial charge is 0.505 e. The molecular formula is C16H21N3O6. The Labute approximate surface area is 144 Å². The van der Waals surface area contributed by atoms with Crippen LogP contribution in [0.4, 0.5) is 10.5 Å². The van der Waals surface area contributed by atoms with Crippen LogP contribution in [0.2, 0.25) is 0 Å². The van der Waals surface area contributed by atoms with E-state index in [0.717, 1.165) is 0 Å². The number of amides is 1. The van der Waals surface area contributed by atoms with Crippen LogP contribution >= 0.6 is 0 Å². The molecule has 1 aromatic rings. The van der Waals surface area contributed by atoms with Crippen LogP contribution in [0.1, 0.15) is 17.0 Å². The van der Waals surface area contributed by atoms with E-state index in [2.05, 4.69) is 5.32 Å². The van der Waals surface area contributed by atoms with Crippen LogP contribution in [-0.4, -0.2) is 61.5 Å². The zero-order valence-corrected chi connectivity index (χ0v) is 14.2. The zero-order chi connectivity index (χ0) is 18.1. The number of nitrogens with one attached hydrogen (secondary N) is 1. The van der Waals surface area contributed by atoms with Crippen molar-refractivity contribution in [1.82, 2.24) is 5.32 Å². The Morgan fingerprint density at radius 1 is 1.40 bits per heavy atom. The Kier molecular flexibility index (Phi) is 3.26. The highest BCUT2D eigenvalue weighted by Crippen LogP contribution is 2.64. The average molecular weight is 351 g/mol. The molecule has 1 amide bonds. The molecule has 4 atom stereocenters. The molecule has 136 valence electrons. The molecule has 9 heteroatoms. The van der Waals surface area contributed by atoms with E-state index >= 15 is 0 Å². The summed E-state index contributed by atoms with van der Waals surface area (Å²) >= 11 is 0. The van der Waals surface area contributed by atoms with Gasteiger partial charge in [-0.25, -0.2) is 4.79 Å². The number of anilines is 1. The number of primary amides is 1. The molecule has 0 unspecified atom stereocenters. The molecule has 3 heterocycles. The standard InChI is InChI=1S/C16H21N3O6/c1-6-11(20)10-9(12(21)13(6)23-2)7(5-25-15(17)22)16(24-3)14-8(4-18-16)19(10)14/h7-8,14,18,20-21H,4-5H2,1-3H3,(H2,17,22)/t7-,8+,14+,16-,19?/m1/s1. The van der Waals surface area contributed by atoms with Gasteiger partial charge in [-0.1, -0.05) is 0 Å². The highest BCUT2D eigenvalue weighted by atomic mass is 16.6. The zero-order valence-electron chi connectivity index (χ0n) is 14.2. The minimum Gasteiger partial charge on any atom is -0.505 e. The van der Waals surface area contributed by atoms with Crippen molar-refractivity contribution < 1.29 is 29.2 Å². The summed E-state index contributed by atoms with van der Waals surface area (Å²) in [5.41, 5.74) is 5.71. The van der Waals surface area contributed by atoms with Gasteiger partial charge in [0.15, 0.2) is 17.2 Å². The number of fused-ring (bicyclic) bond motifs is 3. The molecule has 0 saturated carbocycles. The van der Waals surface area contributed by atoms with E-state index in [0.29, 0.717) is 23.4 Å². The highest BCUT2D eigenvalue weighted by molar-refractivity contribution is 5.82. The van der Waals surface area contributed by atoms with Crippen LogP contribution in [0, 0.1) is 6.92 Å². The lowest BCUT2D eigenvalue weighted by molar-refractivity contribution is -0.0639. The number of methoxy groups -OCH3 is 2. The predicted molar refractivity (Wildman–Crippen MR) is 87.1 cm³/mol. The smallest absolute Gasteiger partial charge is 0.404 e. The lowest BCUT2D eigenvalue weighted by Gasteiger charge is -2.44. The van der Waals surface area contributed by atoms with Gasteiger partial charge in [0.05, 0.1) is 30.8 Å². The third-order valence-electron chi connectivity index (χ3n) is 5.66. The van der Waals surface area contributed by atoms with E-state index in [1.165, 1.54) is 7.11 Å². The minimum absolute atomic E-state index is 0.0235. The Morgan fingerprint density at radius 3 is 2.72 bits per heavy atom. The third-order valence-corrected chi connectivity index (χ3v) is 5.66. The lowest BCUT2D eigenvalue weighted by atomic mass is 9.81. The first-order valence-corrected chi connectivity index (χ1v) is 8.02. The van der Waals surface area contributed by atoms with Gasteiger partial charge in [-0.2, -0.15) is 0 Å². The number of ether oxygens (including phenoxy) is 3. The Hall–Kier alpha value is -2.39.